The van der Waals surface area contributed by atoms with Gasteiger partial charge in [0.05, 0.1) is 16.0 Å². The van der Waals surface area contributed by atoms with Crippen molar-refractivity contribution in [2.45, 2.75) is 9.24 Å². The third-order valence-corrected chi connectivity index (χ3v) is 6.52. The molecule has 0 radical (unpaired) electrons. The van der Waals surface area contributed by atoms with Crippen LogP contribution in [0.4, 0.5) is 0 Å². The number of rotatable bonds is 7. The second kappa shape index (κ2) is 8.76. The number of carbonyl (C=O) groups is 1. The van der Waals surface area contributed by atoms with Crippen LogP contribution in [0.5, 0.6) is 0 Å². The van der Waals surface area contributed by atoms with Crippen LogP contribution in [-0.2, 0) is 4.79 Å². The number of aromatic nitrogens is 1. The van der Waals surface area contributed by atoms with Crippen molar-refractivity contribution in [1.82, 2.24) is 10.3 Å². The summed E-state index contributed by atoms with van der Waals surface area (Å²) < 4.78 is 1.97. The summed E-state index contributed by atoms with van der Waals surface area (Å²) >= 11 is 10.7. The summed E-state index contributed by atoms with van der Waals surface area (Å²) in [4.78, 5) is 17.6. The van der Waals surface area contributed by atoms with Crippen LogP contribution in [0.3, 0.4) is 0 Å². The smallest absolute Gasteiger partial charge is 0.230 e. The molecular formula is C17H15ClN2OS3. The second-order valence-corrected chi connectivity index (χ2v) is 8.75. The molecule has 0 spiro atoms. The average Bonchev–Trinajstić information content (AvgIpc) is 3.00. The van der Waals surface area contributed by atoms with E-state index < -0.39 is 0 Å². The Balaban J connectivity index is 1.40. The maximum atomic E-state index is 11.9. The lowest BCUT2D eigenvalue weighted by molar-refractivity contribution is -0.118. The third kappa shape index (κ3) is 5.14. The van der Waals surface area contributed by atoms with Crippen LogP contribution in [0, 0.1) is 0 Å². The zero-order chi connectivity index (χ0) is 16.8. The van der Waals surface area contributed by atoms with Gasteiger partial charge in [0.15, 0.2) is 4.34 Å². The topological polar surface area (TPSA) is 42.0 Å². The Morgan fingerprint density at radius 2 is 2.00 bits per heavy atom. The fraction of sp³-hybridized carbons (Fsp3) is 0.176. The van der Waals surface area contributed by atoms with Gasteiger partial charge in [0.2, 0.25) is 5.91 Å². The number of nitrogens with one attached hydrogen (secondary N) is 1. The number of amides is 1. The Labute approximate surface area is 158 Å². The highest BCUT2D eigenvalue weighted by Crippen LogP contribution is 2.30. The molecule has 0 aliphatic rings. The van der Waals surface area contributed by atoms with E-state index in [9.17, 15) is 4.79 Å². The van der Waals surface area contributed by atoms with Crippen LogP contribution < -0.4 is 5.32 Å². The second-order valence-electron chi connectivity index (χ2n) is 4.89. The molecule has 1 N–H and O–H groups in total. The molecule has 0 saturated carbocycles. The molecule has 24 heavy (non-hydrogen) atoms. The van der Waals surface area contributed by atoms with Gasteiger partial charge in [0, 0.05) is 22.2 Å². The molecule has 0 atom stereocenters. The Morgan fingerprint density at radius 3 is 2.83 bits per heavy atom. The maximum Gasteiger partial charge on any atom is 0.230 e. The van der Waals surface area contributed by atoms with Gasteiger partial charge in [-0.2, -0.15) is 0 Å². The largest absolute Gasteiger partial charge is 0.355 e. The van der Waals surface area contributed by atoms with E-state index in [4.69, 9.17) is 11.6 Å². The molecule has 1 aromatic heterocycles. The van der Waals surface area contributed by atoms with E-state index in [1.165, 1.54) is 16.7 Å². The van der Waals surface area contributed by atoms with Crippen LogP contribution in [0.1, 0.15) is 0 Å². The number of hydrogen-bond donors (Lipinski definition) is 1. The van der Waals surface area contributed by atoms with Crippen LogP contribution in [-0.4, -0.2) is 28.9 Å². The molecule has 3 aromatic rings. The number of nitrogens with zero attached hydrogens (tertiary/aromatic N) is 1. The highest BCUT2D eigenvalue weighted by Gasteiger charge is 2.08. The standard InChI is InChI=1S/C17H15ClN2OS3/c18-12-6-7-15-14(10-12)20-17(24-15)23-11-16(21)19-8-9-22-13-4-2-1-3-5-13/h1-7,10H,8-9,11H2,(H,19,21). The first-order valence-corrected chi connectivity index (χ1v) is 10.5. The first kappa shape index (κ1) is 17.6. The lowest BCUT2D eigenvalue weighted by Gasteiger charge is -2.04. The Hall–Kier alpha value is -1.21. The molecule has 1 heterocycles. The van der Waals surface area contributed by atoms with Crippen molar-refractivity contribution < 1.29 is 4.79 Å². The molecule has 1 amide bonds. The third-order valence-electron chi connectivity index (χ3n) is 3.09. The minimum absolute atomic E-state index is 0.0333. The van der Waals surface area contributed by atoms with Crippen LogP contribution in [0.15, 0.2) is 57.8 Å². The quantitative estimate of drug-likeness (QED) is 0.454. The summed E-state index contributed by atoms with van der Waals surface area (Å²) in [6.45, 7) is 0.661. The van der Waals surface area contributed by atoms with Gasteiger partial charge < -0.3 is 5.32 Å². The summed E-state index contributed by atoms with van der Waals surface area (Å²) in [6, 6.07) is 15.8. The average molecular weight is 395 g/mol. The van der Waals surface area contributed by atoms with E-state index in [1.54, 1.807) is 23.1 Å². The predicted molar refractivity (Wildman–Crippen MR) is 106 cm³/mol. The van der Waals surface area contributed by atoms with Crippen molar-refractivity contribution in [2.75, 3.05) is 18.1 Å². The van der Waals surface area contributed by atoms with Gasteiger partial charge in [-0.05, 0) is 30.3 Å². The normalized spacial score (nSPS) is 10.9. The van der Waals surface area contributed by atoms with Gasteiger partial charge in [0.25, 0.3) is 0 Å². The van der Waals surface area contributed by atoms with E-state index in [1.807, 2.05) is 36.4 Å². The fourth-order valence-corrected chi connectivity index (χ4v) is 4.83. The van der Waals surface area contributed by atoms with Crippen molar-refractivity contribution in [2.24, 2.45) is 0 Å². The van der Waals surface area contributed by atoms with Crippen molar-refractivity contribution in [3.8, 4) is 0 Å². The minimum Gasteiger partial charge on any atom is -0.355 e. The molecule has 124 valence electrons. The summed E-state index contributed by atoms with van der Waals surface area (Å²) in [5.41, 5.74) is 0.884. The number of benzene rings is 2. The molecule has 0 aliphatic carbocycles. The van der Waals surface area contributed by atoms with E-state index in [-0.39, 0.29) is 5.91 Å². The predicted octanol–water partition coefficient (Wildman–Crippen LogP) is 4.95. The zero-order valence-corrected chi connectivity index (χ0v) is 15.9. The Kier molecular flexibility index (Phi) is 6.43. The van der Waals surface area contributed by atoms with Gasteiger partial charge in [-0.15, -0.1) is 23.1 Å². The number of thioether (sulfide) groups is 2. The van der Waals surface area contributed by atoms with Gasteiger partial charge in [-0.1, -0.05) is 41.6 Å². The van der Waals surface area contributed by atoms with Crippen molar-refractivity contribution in [3.05, 3.63) is 53.6 Å². The van der Waals surface area contributed by atoms with E-state index in [0.29, 0.717) is 17.3 Å². The molecule has 2 aromatic carbocycles. The number of hydrogen-bond acceptors (Lipinski definition) is 5. The first-order valence-electron chi connectivity index (χ1n) is 7.34. The Bertz CT molecular complexity index is 823. The monoisotopic (exact) mass is 394 g/mol. The molecule has 7 heteroatoms. The van der Waals surface area contributed by atoms with E-state index in [0.717, 1.165) is 20.3 Å². The number of carbonyl (C=O) groups excluding carboxylic acids is 1. The molecule has 3 nitrogen and oxygen atoms in total. The van der Waals surface area contributed by atoms with Crippen molar-refractivity contribution in [3.63, 3.8) is 0 Å². The fourth-order valence-electron chi connectivity index (χ4n) is 2.00. The first-order chi connectivity index (χ1) is 11.7. The highest BCUT2D eigenvalue weighted by atomic mass is 35.5. The van der Waals surface area contributed by atoms with E-state index in [2.05, 4.69) is 22.4 Å². The summed E-state index contributed by atoms with van der Waals surface area (Å²) in [5, 5.41) is 3.62. The van der Waals surface area contributed by atoms with Crippen molar-refractivity contribution in [1.29, 1.82) is 0 Å². The number of halogens is 1. The molecule has 0 saturated heterocycles. The lowest BCUT2D eigenvalue weighted by Crippen LogP contribution is -2.27. The van der Waals surface area contributed by atoms with Crippen LogP contribution in [0.25, 0.3) is 10.2 Å². The molecule has 0 unspecified atom stereocenters. The molecule has 3 rings (SSSR count). The van der Waals surface area contributed by atoms with Gasteiger partial charge in [0.1, 0.15) is 0 Å². The summed E-state index contributed by atoms with van der Waals surface area (Å²) in [7, 11) is 0. The molecule has 0 bridgehead atoms. The van der Waals surface area contributed by atoms with Gasteiger partial charge in [-0.25, -0.2) is 4.98 Å². The Morgan fingerprint density at radius 1 is 1.17 bits per heavy atom. The van der Waals surface area contributed by atoms with Crippen LogP contribution in [0.2, 0.25) is 5.02 Å². The SMILES string of the molecule is O=C(CSc1nc2cc(Cl)ccc2s1)NCCSc1ccccc1. The summed E-state index contributed by atoms with van der Waals surface area (Å²) in [6.07, 6.45) is 0. The molecular weight excluding hydrogens is 380 g/mol. The molecule has 0 fully saturated rings. The van der Waals surface area contributed by atoms with Crippen molar-refractivity contribution >= 4 is 62.6 Å². The highest BCUT2D eigenvalue weighted by molar-refractivity contribution is 8.01. The minimum atomic E-state index is 0.0333. The lowest BCUT2D eigenvalue weighted by atomic mass is 10.3. The maximum absolute atomic E-state index is 11.9. The van der Waals surface area contributed by atoms with E-state index >= 15 is 0 Å². The molecule has 0 aliphatic heterocycles. The number of thiazole rings is 1. The summed E-state index contributed by atoms with van der Waals surface area (Å²) in [5.74, 6) is 1.27. The van der Waals surface area contributed by atoms with Crippen LogP contribution >= 0.6 is 46.5 Å². The zero-order valence-electron chi connectivity index (χ0n) is 12.7. The number of fused-ring (bicyclic) bond motifs is 1. The van der Waals surface area contributed by atoms with Gasteiger partial charge in [-0.3, -0.25) is 4.79 Å². The van der Waals surface area contributed by atoms with Gasteiger partial charge >= 0.3 is 0 Å².